The van der Waals surface area contributed by atoms with Gasteiger partial charge < -0.3 is 14.7 Å². The van der Waals surface area contributed by atoms with Crippen molar-refractivity contribution in [2.24, 2.45) is 5.41 Å². The number of ether oxygens (including phenoxy) is 1. The van der Waals surface area contributed by atoms with Crippen molar-refractivity contribution in [3.63, 3.8) is 0 Å². The van der Waals surface area contributed by atoms with Crippen molar-refractivity contribution in [2.45, 2.75) is 19.8 Å². The van der Waals surface area contributed by atoms with Crippen molar-refractivity contribution in [1.29, 1.82) is 0 Å². The zero-order chi connectivity index (χ0) is 17.9. The third-order valence-electron chi connectivity index (χ3n) is 4.98. The van der Waals surface area contributed by atoms with Gasteiger partial charge in [-0.2, -0.15) is 0 Å². The number of aliphatic hydroxyl groups excluding tert-OH is 1. The van der Waals surface area contributed by atoms with E-state index in [1.54, 1.807) is 7.11 Å². The highest BCUT2D eigenvalue weighted by atomic mass is 16.5. The van der Waals surface area contributed by atoms with E-state index in [-0.39, 0.29) is 17.9 Å². The van der Waals surface area contributed by atoms with Gasteiger partial charge in [-0.1, -0.05) is 31.2 Å². The zero-order valence-corrected chi connectivity index (χ0v) is 14.9. The van der Waals surface area contributed by atoms with Crippen molar-refractivity contribution < 1.29 is 14.6 Å². The Bertz CT molecular complexity index is 741. The quantitative estimate of drug-likeness (QED) is 0.926. The number of benzene rings is 2. The predicted molar refractivity (Wildman–Crippen MR) is 98.8 cm³/mol. The monoisotopic (exact) mass is 339 g/mol. The molecule has 132 valence electrons. The summed E-state index contributed by atoms with van der Waals surface area (Å²) in [6.07, 6.45) is 1.89. The summed E-state index contributed by atoms with van der Waals surface area (Å²) in [5.41, 5.74) is 2.56. The van der Waals surface area contributed by atoms with Crippen molar-refractivity contribution in [1.82, 2.24) is 4.90 Å². The Kier molecular flexibility index (Phi) is 5.09. The Labute approximate surface area is 149 Å². The van der Waals surface area contributed by atoms with Gasteiger partial charge in [-0.15, -0.1) is 0 Å². The molecule has 1 aliphatic heterocycles. The summed E-state index contributed by atoms with van der Waals surface area (Å²) >= 11 is 0. The fourth-order valence-corrected chi connectivity index (χ4v) is 3.42. The summed E-state index contributed by atoms with van der Waals surface area (Å²) in [5.74, 6) is 0.849. The molecule has 1 N–H and O–H groups in total. The molecular formula is C21H25NO3. The largest absolute Gasteiger partial charge is 0.497 e. The van der Waals surface area contributed by atoms with Crippen LogP contribution in [0.4, 0.5) is 0 Å². The second kappa shape index (κ2) is 7.28. The Morgan fingerprint density at radius 3 is 2.64 bits per heavy atom. The first kappa shape index (κ1) is 17.5. The Hall–Kier alpha value is -2.33. The number of hydrogen-bond donors (Lipinski definition) is 1. The lowest BCUT2D eigenvalue weighted by molar-refractivity contribution is 0.0358. The highest BCUT2D eigenvalue weighted by molar-refractivity contribution is 5.95. The molecule has 0 aliphatic carbocycles. The van der Waals surface area contributed by atoms with Crippen LogP contribution in [0.5, 0.6) is 5.75 Å². The number of nitrogens with zero attached hydrogens (tertiary/aromatic N) is 1. The van der Waals surface area contributed by atoms with E-state index in [2.05, 4.69) is 0 Å². The first-order chi connectivity index (χ1) is 12.0. The number of rotatable bonds is 4. The van der Waals surface area contributed by atoms with E-state index in [0.717, 1.165) is 36.3 Å². The Balaban J connectivity index is 1.81. The van der Waals surface area contributed by atoms with Gasteiger partial charge in [0.2, 0.25) is 0 Å². The SMILES string of the molecule is COc1ccc(-c2cccc(C(=O)N3CCC[C@@](C)(CO)C3)c2)cc1. The molecule has 4 heteroatoms. The van der Waals surface area contributed by atoms with Crippen LogP contribution in [0, 0.1) is 5.41 Å². The Morgan fingerprint density at radius 2 is 1.96 bits per heavy atom. The minimum absolute atomic E-state index is 0.0368. The number of piperidine rings is 1. The highest BCUT2D eigenvalue weighted by Crippen LogP contribution is 2.30. The average Bonchev–Trinajstić information content (AvgIpc) is 2.67. The zero-order valence-electron chi connectivity index (χ0n) is 14.9. The van der Waals surface area contributed by atoms with Crippen LogP contribution in [0.2, 0.25) is 0 Å². The van der Waals surface area contributed by atoms with Gasteiger partial charge in [0.05, 0.1) is 13.7 Å². The van der Waals surface area contributed by atoms with E-state index in [1.165, 1.54) is 0 Å². The van der Waals surface area contributed by atoms with Crippen LogP contribution in [0.3, 0.4) is 0 Å². The Morgan fingerprint density at radius 1 is 1.20 bits per heavy atom. The summed E-state index contributed by atoms with van der Waals surface area (Å²) in [6.45, 7) is 3.51. The van der Waals surface area contributed by atoms with Gasteiger partial charge in [-0.3, -0.25) is 4.79 Å². The molecule has 0 unspecified atom stereocenters. The minimum Gasteiger partial charge on any atom is -0.497 e. The molecule has 25 heavy (non-hydrogen) atoms. The second-order valence-electron chi connectivity index (χ2n) is 7.11. The van der Waals surface area contributed by atoms with E-state index in [0.29, 0.717) is 12.1 Å². The summed E-state index contributed by atoms with van der Waals surface area (Å²) in [7, 11) is 1.65. The molecular weight excluding hydrogens is 314 g/mol. The van der Waals surface area contributed by atoms with Gasteiger partial charge in [-0.05, 0) is 48.2 Å². The molecule has 1 saturated heterocycles. The van der Waals surface area contributed by atoms with E-state index in [1.807, 2.05) is 60.4 Å². The molecule has 1 fully saturated rings. The number of likely N-dealkylation sites (tertiary alicyclic amines) is 1. The number of carbonyl (C=O) groups excluding carboxylic acids is 1. The van der Waals surface area contributed by atoms with Gasteiger partial charge in [-0.25, -0.2) is 0 Å². The van der Waals surface area contributed by atoms with Crippen LogP contribution in [-0.2, 0) is 0 Å². The predicted octanol–water partition coefficient (Wildman–Crippen LogP) is 3.60. The summed E-state index contributed by atoms with van der Waals surface area (Å²) in [4.78, 5) is 14.8. The lowest BCUT2D eigenvalue weighted by atomic mass is 9.82. The topological polar surface area (TPSA) is 49.8 Å². The van der Waals surface area contributed by atoms with Gasteiger partial charge in [0, 0.05) is 24.1 Å². The molecule has 1 amide bonds. The standard InChI is InChI=1S/C21H25NO3/c1-21(15-23)11-4-12-22(14-21)20(24)18-6-3-5-17(13-18)16-7-9-19(25-2)10-8-16/h3,5-10,13,23H,4,11-12,14-15H2,1-2H3/t21-/m1/s1. The fraction of sp³-hybridized carbons (Fsp3) is 0.381. The van der Waals surface area contributed by atoms with E-state index < -0.39 is 0 Å². The van der Waals surface area contributed by atoms with Crippen LogP contribution in [0.1, 0.15) is 30.1 Å². The molecule has 3 rings (SSSR count). The van der Waals surface area contributed by atoms with Crippen LogP contribution in [-0.4, -0.2) is 42.7 Å². The van der Waals surface area contributed by atoms with Gasteiger partial charge >= 0.3 is 0 Å². The normalized spacial score (nSPS) is 20.4. The number of amides is 1. The van der Waals surface area contributed by atoms with Crippen LogP contribution >= 0.6 is 0 Å². The molecule has 1 aliphatic rings. The van der Waals surface area contributed by atoms with Crippen molar-refractivity contribution in [2.75, 3.05) is 26.8 Å². The molecule has 2 aromatic carbocycles. The molecule has 0 bridgehead atoms. The molecule has 0 saturated carbocycles. The van der Waals surface area contributed by atoms with E-state index >= 15 is 0 Å². The van der Waals surface area contributed by atoms with Crippen LogP contribution in [0.25, 0.3) is 11.1 Å². The maximum Gasteiger partial charge on any atom is 0.253 e. The summed E-state index contributed by atoms with van der Waals surface area (Å²) in [6, 6.07) is 15.5. The van der Waals surface area contributed by atoms with Gasteiger partial charge in [0.25, 0.3) is 5.91 Å². The van der Waals surface area contributed by atoms with Crippen LogP contribution < -0.4 is 4.74 Å². The van der Waals surface area contributed by atoms with Gasteiger partial charge in [0.1, 0.15) is 5.75 Å². The lowest BCUT2D eigenvalue weighted by Crippen LogP contribution is -2.46. The smallest absolute Gasteiger partial charge is 0.253 e. The lowest BCUT2D eigenvalue weighted by Gasteiger charge is -2.39. The first-order valence-corrected chi connectivity index (χ1v) is 8.69. The molecule has 1 heterocycles. The number of aliphatic hydroxyl groups is 1. The molecule has 0 aromatic heterocycles. The van der Waals surface area contributed by atoms with Crippen molar-refractivity contribution in [3.8, 4) is 16.9 Å². The molecule has 0 radical (unpaired) electrons. The average molecular weight is 339 g/mol. The molecule has 2 aromatic rings. The van der Waals surface area contributed by atoms with Crippen molar-refractivity contribution in [3.05, 3.63) is 54.1 Å². The minimum atomic E-state index is -0.193. The number of carbonyl (C=O) groups is 1. The third-order valence-corrected chi connectivity index (χ3v) is 4.98. The second-order valence-corrected chi connectivity index (χ2v) is 7.11. The molecule has 1 atom stereocenters. The van der Waals surface area contributed by atoms with E-state index in [9.17, 15) is 9.90 Å². The maximum absolute atomic E-state index is 12.9. The highest BCUT2D eigenvalue weighted by Gasteiger charge is 2.32. The van der Waals surface area contributed by atoms with Crippen LogP contribution in [0.15, 0.2) is 48.5 Å². The third kappa shape index (κ3) is 3.85. The summed E-state index contributed by atoms with van der Waals surface area (Å²) < 4.78 is 5.20. The number of hydrogen-bond acceptors (Lipinski definition) is 3. The van der Waals surface area contributed by atoms with Gasteiger partial charge in [0.15, 0.2) is 0 Å². The maximum atomic E-state index is 12.9. The first-order valence-electron chi connectivity index (χ1n) is 8.69. The molecule has 0 spiro atoms. The molecule has 4 nitrogen and oxygen atoms in total. The number of methoxy groups -OCH3 is 1. The van der Waals surface area contributed by atoms with Crippen molar-refractivity contribution >= 4 is 5.91 Å². The summed E-state index contributed by atoms with van der Waals surface area (Å²) in [5, 5.41) is 9.61. The van der Waals surface area contributed by atoms with E-state index in [4.69, 9.17) is 4.74 Å². The fourth-order valence-electron chi connectivity index (χ4n) is 3.42.